The number of hydrogen-bond donors (Lipinski definition) is 0. The zero-order valence-corrected chi connectivity index (χ0v) is 30.3. The average molecular weight is 716 g/mol. The number of furan rings is 1. The van der Waals surface area contributed by atoms with Gasteiger partial charge >= 0.3 is 0 Å². The summed E-state index contributed by atoms with van der Waals surface area (Å²) in [4.78, 5) is 15.4. The van der Waals surface area contributed by atoms with Crippen molar-refractivity contribution in [3.8, 4) is 67.5 Å². The fourth-order valence-corrected chi connectivity index (χ4v) is 7.95. The summed E-state index contributed by atoms with van der Waals surface area (Å²) >= 11 is 0. The maximum atomic E-state index is 6.48. The van der Waals surface area contributed by atoms with Gasteiger partial charge in [0.2, 0.25) is 0 Å². The summed E-state index contributed by atoms with van der Waals surface area (Å²) in [5, 5.41) is 2.00. The Morgan fingerprint density at radius 3 is 1.71 bits per heavy atom. The maximum Gasteiger partial charge on any atom is 0.164 e. The summed E-state index contributed by atoms with van der Waals surface area (Å²) in [6.07, 6.45) is 8.96. The van der Waals surface area contributed by atoms with Crippen molar-refractivity contribution in [1.82, 2.24) is 15.0 Å². The van der Waals surface area contributed by atoms with E-state index in [9.17, 15) is 0 Å². The Kier molecular flexibility index (Phi) is 7.52. The summed E-state index contributed by atoms with van der Waals surface area (Å²) < 4.78 is 6.48. The molecule has 4 nitrogen and oxygen atoms in total. The second-order valence-electron chi connectivity index (χ2n) is 14.4. The minimum absolute atomic E-state index is 0.491. The fraction of sp³-hybridized carbons (Fsp3) is 0.0192. The van der Waals surface area contributed by atoms with Crippen LogP contribution in [0.2, 0.25) is 0 Å². The van der Waals surface area contributed by atoms with Gasteiger partial charge in [-0.3, -0.25) is 0 Å². The zero-order valence-electron chi connectivity index (χ0n) is 30.3. The topological polar surface area (TPSA) is 51.8 Å². The van der Waals surface area contributed by atoms with Gasteiger partial charge in [0.15, 0.2) is 17.5 Å². The first kappa shape index (κ1) is 32.0. The molecular formula is C52H33N3O. The smallest absolute Gasteiger partial charge is 0.164 e. The lowest BCUT2D eigenvalue weighted by Crippen LogP contribution is -2.00. The number of aromatic nitrogens is 3. The largest absolute Gasteiger partial charge is 0.456 e. The third-order valence-electron chi connectivity index (χ3n) is 10.8. The molecule has 0 aliphatic heterocycles. The molecule has 7 aromatic carbocycles. The highest BCUT2D eigenvalue weighted by Crippen LogP contribution is 2.45. The van der Waals surface area contributed by atoms with Crippen LogP contribution < -0.4 is 0 Å². The van der Waals surface area contributed by atoms with E-state index in [0.717, 1.165) is 60.9 Å². The standard InChI is InChI=1S/C52H33N3O/c1-3-12-33(13-4-1)35-16-7-17-36(28-35)38-19-9-22-42(30-38)51-53-50(34-14-5-2-6-15-34)54-52(55-51)44-24-11-25-48-49(44)46-31-39(26-27-47(46)56-48)37-18-8-20-40(29-37)43-23-10-21-41-32-45(41)43/h1-32,41H/t41-/m1/s1. The average Bonchev–Trinajstić information content (AvgIpc) is 3.99. The molecular weight excluding hydrogens is 683 g/mol. The summed E-state index contributed by atoms with van der Waals surface area (Å²) in [5.41, 5.74) is 15.2. The highest BCUT2D eigenvalue weighted by atomic mass is 16.3. The molecule has 0 N–H and O–H groups in total. The van der Waals surface area contributed by atoms with Crippen LogP contribution in [0.1, 0.15) is 5.56 Å². The molecule has 0 saturated heterocycles. The zero-order chi connectivity index (χ0) is 37.0. The normalized spacial score (nSPS) is 14.4. The van der Waals surface area contributed by atoms with Crippen molar-refractivity contribution in [3.63, 3.8) is 0 Å². The molecule has 4 heteroatoms. The molecule has 2 aliphatic carbocycles. The van der Waals surface area contributed by atoms with Crippen LogP contribution in [-0.4, -0.2) is 15.0 Å². The quantitative estimate of drug-likeness (QED) is 0.165. The summed E-state index contributed by atoms with van der Waals surface area (Å²) in [7, 11) is 0. The van der Waals surface area contributed by atoms with Crippen molar-refractivity contribution < 1.29 is 4.42 Å². The second-order valence-corrected chi connectivity index (χ2v) is 14.4. The Labute approximate surface area is 324 Å². The molecule has 56 heavy (non-hydrogen) atoms. The van der Waals surface area contributed by atoms with Gasteiger partial charge < -0.3 is 4.42 Å². The predicted octanol–water partition coefficient (Wildman–Crippen LogP) is 13.3. The van der Waals surface area contributed by atoms with E-state index in [4.69, 9.17) is 19.4 Å². The molecule has 262 valence electrons. The van der Waals surface area contributed by atoms with Crippen molar-refractivity contribution in [2.75, 3.05) is 0 Å². The molecule has 11 rings (SSSR count). The Bertz CT molecular complexity index is 3080. The first-order chi connectivity index (χ1) is 27.7. The summed E-state index contributed by atoms with van der Waals surface area (Å²) in [6.45, 7) is 0. The van der Waals surface area contributed by atoms with Gasteiger partial charge in [0.05, 0.1) is 0 Å². The lowest BCUT2D eigenvalue weighted by atomic mass is 9.94. The van der Waals surface area contributed by atoms with Crippen molar-refractivity contribution >= 4 is 27.5 Å². The van der Waals surface area contributed by atoms with Crippen molar-refractivity contribution in [3.05, 3.63) is 205 Å². The van der Waals surface area contributed by atoms with E-state index in [0.29, 0.717) is 23.4 Å². The van der Waals surface area contributed by atoms with E-state index >= 15 is 0 Å². The number of nitrogens with zero attached hydrogens (tertiary/aromatic N) is 3. The van der Waals surface area contributed by atoms with Crippen LogP contribution in [0.15, 0.2) is 204 Å². The van der Waals surface area contributed by atoms with E-state index in [1.807, 2.05) is 48.5 Å². The van der Waals surface area contributed by atoms with Crippen LogP contribution in [-0.2, 0) is 0 Å². The Hall–Kier alpha value is -7.43. The lowest BCUT2D eigenvalue weighted by Gasteiger charge is -2.11. The minimum Gasteiger partial charge on any atom is -0.456 e. The molecule has 0 saturated carbocycles. The summed E-state index contributed by atoms with van der Waals surface area (Å²) in [6, 6.07) is 59.2. The van der Waals surface area contributed by atoms with E-state index < -0.39 is 0 Å². The molecule has 2 aliphatic rings. The van der Waals surface area contributed by atoms with E-state index in [2.05, 4.69) is 146 Å². The van der Waals surface area contributed by atoms with Crippen LogP contribution in [0.5, 0.6) is 0 Å². The van der Waals surface area contributed by atoms with Gasteiger partial charge in [0, 0.05) is 33.4 Å². The highest BCUT2D eigenvalue weighted by Gasteiger charge is 2.28. The number of allylic oxidation sites excluding steroid dienone is 6. The highest BCUT2D eigenvalue weighted by molar-refractivity contribution is 6.13. The van der Waals surface area contributed by atoms with Crippen molar-refractivity contribution in [1.29, 1.82) is 0 Å². The van der Waals surface area contributed by atoms with Crippen LogP contribution >= 0.6 is 0 Å². The summed E-state index contributed by atoms with van der Waals surface area (Å²) in [5.74, 6) is 2.31. The van der Waals surface area contributed by atoms with E-state index in [1.165, 1.54) is 27.8 Å². The molecule has 0 spiro atoms. The van der Waals surface area contributed by atoms with Gasteiger partial charge in [0.25, 0.3) is 0 Å². The van der Waals surface area contributed by atoms with Gasteiger partial charge in [0.1, 0.15) is 11.2 Å². The third-order valence-corrected chi connectivity index (χ3v) is 10.8. The Morgan fingerprint density at radius 1 is 0.411 bits per heavy atom. The van der Waals surface area contributed by atoms with Gasteiger partial charge in [-0.1, -0.05) is 158 Å². The number of fused-ring (bicyclic) bond motifs is 4. The van der Waals surface area contributed by atoms with Gasteiger partial charge in [-0.2, -0.15) is 0 Å². The first-order valence-electron chi connectivity index (χ1n) is 19.0. The lowest BCUT2D eigenvalue weighted by molar-refractivity contribution is 0.669. The predicted molar refractivity (Wildman–Crippen MR) is 228 cm³/mol. The van der Waals surface area contributed by atoms with Crippen LogP contribution in [0.3, 0.4) is 0 Å². The fourth-order valence-electron chi connectivity index (χ4n) is 7.95. The van der Waals surface area contributed by atoms with Crippen LogP contribution in [0, 0.1) is 5.92 Å². The molecule has 9 aromatic rings. The molecule has 0 bridgehead atoms. The van der Waals surface area contributed by atoms with E-state index in [1.54, 1.807) is 0 Å². The molecule has 0 amide bonds. The Morgan fingerprint density at radius 2 is 0.964 bits per heavy atom. The number of benzene rings is 7. The van der Waals surface area contributed by atoms with Gasteiger partial charge in [-0.15, -0.1) is 0 Å². The maximum absolute atomic E-state index is 6.48. The molecule has 0 radical (unpaired) electrons. The monoisotopic (exact) mass is 715 g/mol. The number of hydrogen-bond acceptors (Lipinski definition) is 4. The van der Waals surface area contributed by atoms with Gasteiger partial charge in [-0.25, -0.2) is 15.0 Å². The first-order valence-corrected chi connectivity index (χ1v) is 19.0. The van der Waals surface area contributed by atoms with Crippen LogP contribution in [0.4, 0.5) is 0 Å². The molecule has 0 fully saturated rings. The molecule has 1 atom stereocenters. The molecule has 2 aromatic heterocycles. The van der Waals surface area contributed by atoms with Crippen molar-refractivity contribution in [2.24, 2.45) is 5.92 Å². The third kappa shape index (κ3) is 5.76. The second kappa shape index (κ2) is 13.2. The van der Waals surface area contributed by atoms with Crippen LogP contribution in [0.25, 0.3) is 95.1 Å². The minimum atomic E-state index is 0.491. The van der Waals surface area contributed by atoms with Gasteiger partial charge in [-0.05, 0) is 86.5 Å². The number of rotatable bonds is 7. The SMILES string of the molecule is C1=C[C@@H]2C=C2C(c2cccc(-c3ccc4oc5cccc(-c6nc(-c7ccccc7)nc(-c7cccc(-c8cccc(-c9ccccc9)c8)c7)n6)c5c4c3)c2)=C1. The molecule has 0 unspecified atom stereocenters. The Balaban J connectivity index is 1.04. The van der Waals surface area contributed by atoms with Crippen molar-refractivity contribution in [2.45, 2.75) is 0 Å². The molecule has 2 heterocycles. The van der Waals surface area contributed by atoms with E-state index in [-0.39, 0.29) is 0 Å².